The molecule has 0 aliphatic heterocycles. The third-order valence-corrected chi connectivity index (χ3v) is 1.75. The molecule has 0 fully saturated rings. The van der Waals surface area contributed by atoms with Gasteiger partial charge in [0.25, 0.3) is 5.96 Å². The number of hydrogen-bond acceptors (Lipinski definition) is 3. The second-order valence-electron chi connectivity index (χ2n) is 3.05. The summed E-state index contributed by atoms with van der Waals surface area (Å²) >= 11 is 0. The van der Waals surface area contributed by atoms with E-state index in [4.69, 9.17) is 5.73 Å². The molecule has 0 radical (unpaired) electrons. The first kappa shape index (κ1) is 12.7. The molecule has 0 amide bonds. The molecule has 0 heterocycles. The molecule has 14 heavy (non-hydrogen) atoms. The predicted molar refractivity (Wildman–Crippen MR) is 55.4 cm³/mol. The van der Waals surface area contributed by atoms with Gasteiger partial charge in [-0.2, -0.15) is 0 Å². The topological polar surface area (TPSA) is 93.5 Å². The molecule has 0 aliphatic carbocycles. The van der Waals surface area contributed by atoms with Crippen LogP contribution in [0.5, 0.6) is 0 Å². The molecule has 0 spiro atoms. The zero-order valence-electron chi connectivity index (χ0n) is 8.53. The monoisotopic (exact) mass is 202 g/mol. The highest BCUT2D eigenvalue weighted by molar-refractivity contribution is 5.76. The number of aliphatic imine (C=N–C) groups is 1. The van der Waals surface area contributed by atoms with Crippen LogP contribution in [0.4, 0.5) is 0 Å². The molecule has 0 unspecified atom stereocenters. The largest absolute Gasteiger partial charge is 0.365 e. The number of nitro groups is 1. The Morgan fingerprint density at radius 3 is 2.64 bits per heavy atom. The van der Waals surface area contributed by atoms with E-state index in [1.54, 1.807) is 5.43 Å². The van der Waals surface area contributed by atoms with Gasteiger partial charge >= 0.3 is 0 Å². The van der Waals surface area contributed by atoms with Crippen LogP contribution in [0.25, 0.3) is 0 Å². The van der Waals surface area contributed by atoms with E-state index in [0.717, 1.165) is 12.8 Å². The lowest BCUT2D eigenvalue weighted by Gasteiger charge is -1.98. The van der Waals surface area contributed by atoms with Gasteiger partial charge in [0.05, 0.1) is 0 Å². The van der Waals surface area contributed by atoms with E-state index >= 15 is 0 Å². The summed E-state index contributed by atoms with van der Waals surface area (Å²) in [4.78, 5) is 13.7. The first-order chi connectivity index (χ1) is 6.66. The SMILES string of the molecule is CCCCCCCN=C(N)N[N+](=O)[O-]. The van der Waals surface area contributed by atoms with Crippen molar-refractivity contribution in [1.82, 2.24) is 5.43 Å². The molecule has 0 atom stereocenters. The van der Waals surface area contributed by atoms with Crippen molar-refractivity contribution in [2.45, 2.75) is 39.0 Å². The Morgan fingerprint density at radius 2 is 2.07 bits per heavy atom. The molecule has 0 aliphatic rings. The smallest absolute Gasteiger partial charge is 0.251 e. The average Bonchev–Trinajstić information content (AvgIpc) is 2.10. The Hall–Kier alpha value is -1.33. The molecular formula is C8H18N4O2. The lowest BCUT2D eigenvalue weighted by atomic mass is 10.2. The Bertz CT molecular complexity index is 194. The van der Waals surface area contributed by atoms with E-state index in [-0.39, 0.29) is 5.96 Å². The van der Waals surface area contributed by atoms with Gasteiger partial charge in [-0.1, -0.05) is 38.0 Å². The maximum atomic E-state index is 9.92. The summed E-state index contributed by atoms with van der Waals surface area (Å²) in [6.07, 6.45) is 5.65. The average molecular weight is 202 g/mol. The van der Waals surface area contributed by atoms with Crippen LogP contribution < -0.4 is 11.2 Å². The Kier molecular flexibility index (Phi) is 7.49. The molecule has 82 valence electrons. The number of nitrogens with zero attached hydrogens (tertiary/aromatic N) is 2. The van der Waals surface area contributed by atoms with E-state index in [2.05, 4.69) is 11.9 Å². The summed E-state index contributed by atoms with van der Waals surface area (Å²) < 4.78 is 0. The third-order valence-electron chi connectivity index (χ3n) is 1.75. The number of guanidine groups is 1. The summed E-state index contributed by atoms with van der Waals surface area (Å²) in [5.41, 5.74) is 7.01. The van der Waals surface area contributed by atoms with E-state index in [1.807, 2.05) is 0 Å². The number of hydrogen-bond donors (Lipinski definition) is 2. The fraction of sp³-hybridized carbons (Fsp3) is 0.875. The van der Waals surface area contributed by atoms with Gasteiger partial charge in [0.15, 0.2) is 5.03 Å². The van der Waals surface area contributed by atoms with Crippen molar-refractivity contribution in [3.8, 4) is 0 Å². The Morgan fingerprint density at radius 1 is 1.43 bits per heavy atom. The standard InChI is InChI=1S/C8H18N4O2/c1-2-3-4-5-6-7-10-8(9)11-12(13)14/h2-7H2,1H3,(H3,9,10,11). The van der Waals surface area contributed by atoms with E-state index in [1.165, 1.54) is 19.3 Å². The highest BCUT2D eigenvalue weighted by Gasteiger charge is 1.97. The predicted octanol–water partition coefficient (Wildman–Crippen LogP) is 1.05. The quantitative estimate of drug-likeness (QED) is 0.212. The molecule has 0 aromatic carbocycles. The van der Waals surface area contributed by atoms with Crippen molar-refractivity contribution < 1.29 is 5.03 Å². The minimum Gasteiger partial charge on any atom is -0.365 e. The molecule has 0 bridgehead atoms. The summed E-state index contributed by atoms with van der Waals surface area (Å²) in [6, 6.07) is 0. The van der Waals surface area contributed by atoms with Crippen LogP contribution >= 0.6 is 0 Å². The zero-order chi connectivity index (χ0) is 10.8. The summed E-state index contributed by atoms with van der Waals surface area (Å²) in [6.45, 7) is 2.70. The number of nitrogens with two attached hydrogens (primary N) is 1. The highest BCUT2D eigenvalue weighted by atomic mass is 16.7. The van der Waals surface area contributed by atoms with Gasteiger partial charge in [-0.25, -0.2) is 15.1 Å². The molecule has 0 rings (SSSR count). The van der Waals surface area contributed by atoms with Gasteiger partial charge in [-0.05, 0) is 6.42 Å². The molecule has 3 N–H and O–H groups in total. The van der Waals surface area contributed by atoms with Crippen LogP contribution in [-0.2, 0) is 0 Å². The molecular weight excluding hydrogens is 184 g/mol. The fourth-order valence-corrected chi connectivity index (χ4v) is 1.04. The van der Waals surface area contributed by atoms with Crippen molar-refractivity contribution in [3.05, 3.63) is 10.1 Å². The molecule has 0 aromatic rings. The van der Waals surface area contributed by atoms with Crippen LogP contribution in [0.3, 0.4) is 0 Å². The first-order valence-electron chi connectivity index (χ1n) is 4.87. The lowest BCUT2D eigenvalue weighted by molar-refractivity contribution is -0.525. The van der Waals surface area contributed by atoms with Crippen molar-refractivity contribution in [2.24, 2.45) is 10.7 Å². The fourth-order valence-electron chi connectivity index (χ4n) is 1.04. The van der Waals surface area contributed by atoms with Crippen molar-refractivity contribution in [2.75, 3.05) is 6.54 Å². The van der Waals surface area contributed by atoms with E-state index in [9.17, 15) is 10.1 Å². The number of rotatable bonds is 7. The second-order valence-corrected chi connectivity index (χ2v) is 3.05. The van der Waals surface area contributed by atoms with Gasteiger partial charge in [0.2, 0.25) is 0 Å². The number of unbranched alkanes of at least 4 members (excludes halogenated alkanes) is 4. The number of nitrogens with one attached hydrogen (secondary N) is 1. The van der Waals surface area contributed by atoms with Crippen LogP contribution in [0.1, 0.15) is 39.0 Å². The summed E-state index contributed by atoms with van der Waals surface area (Å²) in [5.74, 6) is -0.120. The third kappa shape index (κ3) is 8.76. The minimum atomic E-state index is -0.712. The molecule has 0 aromatic heterocycles. The van der Waals surface area contributed by atoms with Crippen LogP contribution in [-0.4, -0.2) is 17.5 Å². The molecule has 6 nitrogen and oxygen atoms in total. The Labute approximate surface area is 83.7 Å². The minimum absolute atomic E-state index is 0.120. The maximum absolute atomic E-state index is 9.92. The van der Waals surface area contributed by atoms with Gasteiger partial charge in [0, 0.05) is 6.54 Å². The second kappa shape index (κ2) is 8.28. The summed E-state index contributed by atoms with van der Waals surface area (Å²) in [5, 5.41) is 9.20. The van der Waals surface area contributed by atoms with Crippen LogP contribution in [0.2, 0.25) is 0 Å². The van der Waals surface area contributed by atoms with Crippen LogP contribution in [0, 0.1) is 10.1 Å². The van der Waals surface area contributed by atoms with Gasteiger partial charge in [-0.3, -0.25) is 0 Å². The van der Waals surface area contributed by atoms with Gasteiger partial charge < -0.3 is 5.73 Å². The van der Waals surface area contributed by atoms with Gasteiger partial charge in [-0.15, -0.1) is 0 Å². The van der Waals surface area contributed by atoms with Crippen molar-refractivity contribution in [3.63, 3.8) is 0 Å². The lowest BCUT2D eigenvalue weighted by Crippen LogP contribution is -2.36. The molecule has 6 heteroatoms. The van der Waals surface area contributed by atoms with Crippen molar-refractivity contribution >= 4 is 5.96 Å². The maximum Gasteiger partial charge on any atom is 0.251 e. The number of hydrazine groups is 1. The van der Waals surface area contributed by atoms with E-state index in [0.29, 0.717) is 6.54 Å². The van der Waals surface area contributed by atoms with Gasteiger partial charge in [0.1, 0.15) is 0 Å². The summed E-state index contributed by atoms with van der Waals surface area (Å²) in [7, 11) is 0. The van der Waals surface area contributed by atoms with Crippen molar-refractivity contribution in [1.29, 1.82) is 0 Å². The zero-order valence-corrected chi connectivity index (χ0v) is 8.53. The molecule has 0 saturated carbocycles. The highest BCUT2D eigenvalue weighted by Crippen LogP contribution is 2.01. The normalized spacial score (nSPS) is 11.4. The molecule has 0 saturated heterocycles. The Balaban J connectivity index is 3.36. The van der Waals surface area contributed by atoms with E-state index < -0.39 is 5.03 Å². The van der Waals surface area contributed by atoms with Crippen LogP contribution in [0.15, 0.2) is 4.99 Å². The first-order valence-corrected chi connectivity index (χ1v) is 4.87.